The molecule has 0 bridgehead atoms. The second kappa shape index (κ2) is 3.85. The third-order valence-electron chi connectivity index (χ3n) is 5.29. The van der Waals surface area contributed by atoms with E-state index in [2.05, 4.69) is 36.9 Å². The van der Waals surface area contributed by atoms with E-state index in [0.29, 0.717) is 5.91 Å². The van der Waals surface area contributed by atoms with Gasteiger partial charge < -0.3 is 9.64 Å². The SMILES string of the molecule is Cc1cc(C)cc(C2(C(=O)N3CCC34COC4)CC2)c1. The van der Waals surface area contributed by atoms with E-state index in [4.69, 9.17) is 4.74 Å². The van der Waals surface area contributed by atoms with Crippen molar-refractivity contribution in [3.8, 4) is 0 Å². The lowest BCUT2D eigenvalue weighted by Crippen LogP contribution is -2.73. The van der Waals surface area contributed by atoms with E-state index in [-0.39, 0.29) is 11.0 Å². The standard InChI is InChI=1S/C17H21NO2/c1-12-7-13(2)9-14(8-12)17(3-4-17)15(19)18-6-5-16(18)10-20-11-16/h7-9H,3-6,10-11H2,1-2H3. The highest BCUT2D eigenvalue weighted by atomic mass is 16.5. The third-order valence-corrected chi connectivity index (χ3v) is 5.29. The molecule has 1 aliphatic carbocycles. The molecule has 0 N–H and O–H groups in total. The molecule has 1 amide bonds. The molecular formula is C17H21NO2. The number of hydrogen-bond donors (Lipinski definition) is 0. The summed E-state index contributed by atoms with van der Waals surface area (Å²) in [5, 5.41) is 0. The maximum absolute atomic E-state index is 13.0. The van der Waals surface area contributed by atoms with E-state index in [9.17, 15) is 4.79 Å². The average Bonchev–Trinajstić information content (AvgIpc) is 3.04. The van der Waals surface area contributed by atoms with Crippen molar-refractivity contribution in [3.63, 3.8) is 0 Å². The molecule has 0 aromatic heterocycles. The van der Waals surface area contributed by atoms with Gasteiger partial charge in [-0.15, -0.1) is 0 Å². The molecule has 106 valence electrons. The molecule has 20 heavy (non-hydrogen) atoms. The molecule has 3 aliphatic rings. The second-order valence-electron chi connectivity index (χ2n) is 6.88. The zero-order valence-electron chi connectivity index (χ0n) is 12.2. The summed E-state index contributed by atoms with van der Waals surface area (Å²) in [7, 11) is 0. The first-order valence-electron chi connectivity index (χ1n) is 7.54. The van der Waals surface area contributed by atoms with Crippen molar-refractivity contribution < 1.29 is 9.53 Å². The minimum absolute atomic E-state index is 0.0611. The van der Waals surface area contributed by atoms with Crippen LogP contribution in [-0.2, 0) is 14.9 Å². The van der Waals surface area contributed by atoms with E-state index < -0.39 is 0 Å². The Labute approximate surface area is 119 Å². The van der Waals surface area contributed by atoms with Gasteiger partial charge in [0.25, 0.3) is 0 Å². The molecule has 2 aliphatic heterocycles. The van der Waals surface area contributed by atoms with Crippen LogP contribution in [0.25, 0.3) is 0 Å². The quantitative estimate of drug-likeness (QED) is 0.826. The van der Waals surface area contributed by atoms with Crippen LogP contribution in [0.5, 0.6) is 0 Å². The van der Waals surface area contributed by atoms with Gasteiger partial charge in [0.1, 0.15) is 0 Å². The van der Waals surface area contributed by atoms with Crippen molar-refractivity contribution in [3.05, 3.63) is 34.9 Å². The van der Waals surface area contributed by atoms with Gasteiger partial charge in [0, 0.05) is 6.54 Å². The van der Waals surface area contributed by atoms with E-state index in [1.807, 2.05) is 0 Å². The number of hydrogen-bond acceptors (Lipinski definition) is 2. The lowest BCUT2D eigenvalue weighted by Gasteiger charge is -2.58. The maximum atomic E-state index is 13.0. The summed E-state index contributed by atoms with van der Waals surface area (Å²) in [6.07, 6.45) is 3.12. The Kier molecular flexibility index (Phi) is 2.39. The fraction of sp³-hybridized carbons (Fsp3) is 0.588. The van der Waals surface area contributed by atoms with Gasteiger partial charge in [-0.1, -0.05) is 29.3 Å². The summed E-state index contributed by atoms with van der Waals surface area (Å²) in [6.45, 7) is 6.61. The number of benzene rings is 1. The van der Waals surface area contributed by atoms with Crippen LogP contribution in [0.2, 0.25) is 0 Å². The number of carbonyl (C=O) groups is 1. The first-order valence-corrected chi connectivity index (χ1v) is 7.54. The minimum atomic E-state index is -0.222. The Balaban J connectivity index is 1.65. The highest BCUT2D eigenvalue weighted by molar-refractivity contribution is 5.92. The van der Waals surface area contributed by atoms with Crippen LogP contribution in [0.15, 0.2) is 18.2 Å². The molecule has 1 spiro atoms. The molecule has 3 nitrogen and oxygen atoms in total. The van der Waals surface area contributed by atoms with Crippen LogP contribution in [0.4, 0.5) is 0 Å². The average molecular weight is 271 g/mol. The van der Waals surface area contributed by atoms with Gasteiger partial charge in [-0.05, 0) is 38.7 Å². The highest BCUT2D eigenvalue weighted by Gasteiger charge is 2.61. The molecule has 0 radical (unpaired) electrons. The predicted molar refractivity (Wildman–Crippen MR) is 76.7 cm³/mol. The Hall–Kier alpha value is -1.35. The normalized spacial score (nSPS) is 25.0. The van der Waals surface area contributed by atoms with Crippen LogP contribution in [0.1, 0.15) is 36.0 Å². The summed E-state index contributed by atoms with van der Waals surface area (Å²) in [6, 6.07) is 6.57. The highest BCUT2D eigenvalue weighted by Crippen LogP contribution is 2.53. The van der Waals surface area contributed by atoms with Crippen molar-refractivity contribution in [2.45, 2.75) is 44.1 Å². The predicted octanol–water partition coefficient (Wildman–Crippen LogP) is 2.34. The molecule has 0 atom stereocenters. The van der Waals surface area contributed by atoms with Gasteiger partial charge in [-0.2, -0.15) is 0 Å². The minimum Gasteiger partial charge on any atom is -0.376 e. The van der Waals surface area contributed by atoms with Gasteiger partial charge in [0.15, 0.2) is 0 Å². The molecular weight excluding hydrogens is 250 g/mol. The van der Waals surface area contributed by atoms with Gasteiger partial charge in [-0.3, -0.25) is 4.79 Å². The zero-order chi connectivity index (χ0) is 14.0. The molecule has 2 heterocycles. The zero-order valence-corrected chi connectivity index (χ0v) is 12.2. The van der Waals surface area contributed by atoms with E-state index in [1.165, 1.54) is 16.7 Å². The van der Waals surface area contributed by atoms with Crippen molar-refractivity contribution in [2.75, 3.05) is 19.8 Å². The fourth-order valence-electron chi connectivity index (χ4n) is 3.75. The number of nitrogens with zero attached hydrogens (tertiary/aromatic N) is 1. The van der Waals surface area contributed by atoms with Crippen LogP contribution >= 0.6 is 0 Å². The Bertz CT molecular complexity index is 559. The van der Waals surface area contributed by atoms with Crippen LogP contribution in [-0.4, -0.2) is 36.1 Å². The topological polar surface area (TPSA) is 29.5 Å². The molecule has 1 aromatic carbocycles. The fourth-order valence-corrected chi connectivity index (χ4v) is 3.75. The largest absolute Gasteiger partial charge is 0.376 e. The van der Waals surface area contributed by atoms with Gasteiger partial charge in [-0.25, -0.2) is 0 Å². The Morgan fingerprint density at radius 2 is 1.75 bits per heavy atom. The summed E-state index contributed by atoms with van der Waals surface area (Å²) in [5.41, 5.74) is 3.57. The van der Waals surface area contributed by atoms with E-state index >= 15 is 0 Å². The van der Waals surface area contributed by atoms with Gasteiger partial charge in [0.05, 0.1) is 24.2 Å². The monoisotopic (exact) mass is 271 g/mol. The molecule has 4 rings (SSSR count). The molecule has 1 saturated carbocycles. The summed E-state index contributed by atoms with van der Waals surface area (Å²) in [4.78, 5) is 15.1. The Morgan fingerprint density at radius 1 is 1.10 bits per heavy atom. The third kappa shape index (κ3) is 1.53. The van der Waals surface area contributed by atoms with Crippen LogP contribution < -0.4 is 0 Å². The lowest BCUT2D eigenvalue weighted by atomic mass is 9.80. The first-order chi connectivity index (χ1) is 9.56. The molecule has 2 saturated heterocycles. The van der Waals surface area contributed by atoms with Crippen molar-refractivity contribution >= 4 is 5.91 Å². The summed E-state index contributed by atoms with van der Waals surface area (Å²) < 4.78 is 5.34. The molecule has 1 aromatic rings. The van der Waals surface area contributed by atoms with Crippen LogP contribution in [0, 0.1) is 13.8 Å². The number of ether oxygens (including phenoxy) is 1. The number of aryl methyl sites for hydroxylation is 2. The first kappa shape index (κ1) is 12.4. The van der Waals surface area contributed by atoms with Crippen molar-refractivity contribution in [2.24, 2.45) is 0 Å². The van der Waals surface area contributed by atoms with Gasteiger partial charge in [0.2, 0.25) is 5.91 Å². The summed E-state index contributed by atoms with van der Waals surface area (Å²) >= 11 is 0. The van der Waals surface area contributed by atoms with E-state index in [1.54, 1.807) is 0 Å². The number of carbonyl (C=O) groups excluding carboxylic acids is 1. The smallest absolute Gasteiger partial charge is 0.233 e. The molecule has 3 heteroatoms. The number of amides is 1. The Morgan fingerprint density at radius 3 is 2.15 bits per heavy atom. The van der Waals surface area contributed by atoms with Gasteiger partial charge >= 0.3 is 0 Å². The molecule has 0 unspecified atom stereocenters. The maximum Gasteiger partial charge on any atom is 0.233 e. The van der Waals surface area contributed by atoms with Crippen LogP contribution in [0.3, 0.4) is 0 Å². The number of likely N-dealkylation sites (tertiary alicyclic amines) is 1. The molecule has 3 fully saturated rings. The van der Waals surface area contributed by atoms with Crippen molar-refractivity contribution in [1.29, 1.82) is 0 Å². The number of rotatable bonds is 2. The summed E-state index contributed by atoms with van der Waals surface area (Å²) in [5.74, 6) is 0.344. The van der Waals surface area contributed by atoms with E-state index in [0.717, 1.165) is 39.0 Å². The van der Waals surface area contributed by atoms with Crippen molar-refractivity contribution in [1.82, 2.24) is 4.90 Å². The second-order valence-corrected chi connectivity index (χ2v) is 6.88. The lowest BCUT2D eigenvalue weighted by molar-refractivity contribution is -0.201.